The van der Waals surface area contributed by atoms with Gasteiger partial charge in [0.2, 0.25) is 0 Å². The van der Waals surface area contributed by atoms with Crippen molar-refractivity contribution in [2.75, 3.05) is 14.2 Å². The molecule has 1 N–H and O–H groups in total. The second-order valence-corrected chi connectivity index (χ2v) is 8.84. The standard InChI is InChI=1S/C30H31FN2O4/c1-21(24-9-5-4-6-10-24)32-30(34)28-15-13-26(37-28)20-33(18-22-8-7-11-25(31)16-22)19-23-12-14-27(35-2)29(17-23)36-3/h4-17,21H,18-20H2,1-3H3,(H,32,34). The first kappa shape index (κ1) is 26.0. The van der Waals surface area contributed by atoms with E-state index in [1.165, 1.54) is 12.1 Å². The average Bonchev–Trinajstić information content (AvgIpc) is 3.37. The van der Waals surface area contributed by atoms with Crippen molar-refractivity contribution in [2.24, 2.45) is 0 Å². The molecule has 3 aromatic carbocycles. The first-order valence-corrected chi connectivity index (χ1v) is 12.1. The van der Waals surface area contributed by atoms with Crippen molar-refractivity contribution in [1.29, 1.82) is 0 Å². The molecule has 37 heavy (non-hydrogen) atoms. The number of methoxy groups -OCH3 is 2. The molecule has 4 rings (SSSR count). The number of halogens is 1. The molecule has 1 atom stereocenters. The smallest absolute Gasteiger partial charge is 0.287 e. The molecule has 4 aromatic rings. The summed E-state index contributed by atoms with van der Waals surface area (Å²) in [5.41, 5.74) is 2.84. The van der Waals surface area contributed by atoms with Gasteiger partial charge in [-0.3, -0.25) is 9.69 Å². The van der Waals surface area contributed by atoms with E-state index in [2.05, 4.69) is 10.2 Å². The lowest BCUT2D eigenvalue weighted by molar-refractivity contribution is 0.0907. The maximum absolute atomic E-state index is 13.9. The highest BCUT2D eigenvalue weighted by atomic mass is 19.1. The number of carbonyl (C=O) groups excluding carboxylic acids is 1. The Balaban J connectivity index is 1.50. The Morgan fingerprint density at radius 1 is 0.865 bits per heavy atom. The molecule has 0 saturated carbocycles. The average molecular weight is 503 g/mol. The molecular formula is C30H31FN2O4. The van der Waals surface area contributed by atoms with Gasteiger partial charge >= 0.3 is 0 Å². The number of rotatable bonds is 11. The molecule has 0 radical (unpaired) electrons. The first-order chi connectivity index (χ1) is 17.9. The van der Waals surface area contributed by atoms with E-state index >= 15 is 0 Å². The predicted octanol–water partition coefficient (Wildman–Crippen LogP) is 6.13. The highest BCUT2D eigenvalue weighted by Crippen LogP contribution is 2.28. The number of hydrogen-bond donors (Lipinski definition) is 1. The van der Waals surface area contributed by atoms with Gasteiger partial charge in [0, 0.05) is 13.1 Å². The van der Waals surface area contributed by atoms with Crippen molar-refractivity contribution in [3.63, 3.8) is 0 Å². The van der Waals surface area contributed by atoms with E-state index in [-0.39, 0.29) is 23.5 Å². The minimum Gasteiger partial charge on any atom is -0.493 e. The molecule has 7 heteroatoms. The summed E-state index contributed by atoms with van der Waals surface area (Å²) in [4.78, 5) is 14.9. The zero-order chi connectivity index (χ0) is 26.2. The number of furan rings is 1. The minimum atomic E-state index is -0.284. The van der Waals surface area contributed by atoms with Crippen molar-refractivity contribution in [3.8, 4) is 11.5 Å². The lowest BCUT2D eigenvalue weighted by atomic mass is 10.1. The Morgan fingerprint density at radius 2 is 1.59 bits per heavy atom. The zero-order valence-electron chi connectivity index (χ0n) is 21.2. The molecule has 0 fully saturated rings. The molecule has 0 spiro atoms. The van der Waals surface area contributed by atoms with Gasteiger partial charge in [-0.15, -0.1) is 0 Å². The highest BCUT2D eigenvalue weighted by molar-refractivity contribution is 5.91. The van der Waals surface area contributed by atoms with Crippen LogP contribution in [-0.2, 0) is 19.6 Å². The Hall–Kier alpha value is -4.10. The van der Waals surface area contributed by atoms with Crippen molar-refractivity contribution in [3.05, 3.63) is 119 Å². The molecule has 192 valence electrons. The van der Waals surface area contributed by atoms with Gasteiger partial charge in [0.05, 0.1) is 26.8 Å². The van der Waals surface area contributed by atoms with Crippen LogP contribution < -0.4 is 14.8 Å². The van der Waals surface area contributed by atoms with Gasteiger partial charge in [-0.2, -0.15) is 0 Å². The molecule has 0 aliphatic carbocycles. The van der Waals surface area contributed by atoms with E-state index in [0.717, 1.165) is 16.7 Å². The maximum Gasteiger partial charge on any atom is 0.287 e. The molecule has 0 saturated heterocycles. The summed E-state index contributed by atoms with van der Waals surface area (Å²) in [5.74, 6) is 1.60. The number of carbonyl (C=O) groups is 1. The van der Waals surface area contributed by atoms with E-state index < -0.39 is 0 Å². The summed E-state index contributed by atoms with van der Waals surface area (Å²) < 4.78 is 30.6. The van der Waals surface area contributed by atoms with Gasteiger partial charge < -0.3 is 19.2 Å². The van der Waals surface area contributed by atoms with E-state index in [1.54, 1.807) is 32.4 Å². The van der Waals surface area contributed by atoms with Crippen molar-refractivity contribution in [2.45, 2.75) is 32.6 Å². The summed E-state index contributed by atoms with van der Waals surface area (Å²) in [6.07, 6.45) is 0. The van der Waals surface area contributed by atoms with Crippen LogP contribution in [0.2, 0.25) is 0 Å². The molecular weight excluding hydrogens is 471 g/mol. The second kappa shape index (κ2) is 12.2. The largest absolute Gasteiger partial charge is 0.493 e. The second-order valence-electron chi connectivity index (χ2n) is 8.84. The predicted molar refractivity (Wildman–Crippen MR) is 140 cm³/mol. The molecule has 1 unspecified atom stereocenters. The van der Waals surface area contributed by atoms with E-state index in [4.69, 9.17) is 13.9 Å². The fourth-order valence-corrected chi connectivity index (χ4v) is 4.20. The normalized spacial score (nSPS) is 11.8. The minimum absolute atomic E-state index is 0.156. The number of nitrogens with zero attached hydrogens (tertiary/aromatic N) is 1. The highest BCUT2D eigenvalue weighted by Gasteiger charge is 2.17. The first-order valence-electron chi connectivity index (χ1n) is 12.1. The van der Waals surface area contributed by atoms with Gasteiger partial charge in [0.15, 0.2) is 17.3 Å². The number of hydrogen-bond acceptors (Lipinski definition) is 5. The van der Waals surface area contributed by atoms with Crippen molar-refractivity contribution >= 4 is 5.91 Å². The maximum atomic E-state index is 13.9. The summed E-state index contributed by atoms with van der Waals surface area (Å²) in [7, 11) is 3.19. The fraction of sp³-hybridized carbons (Fsp3) is 0.233. The van der Waals surface area contributed by atoms with Crippen LogP contribution in [0.4, 0.5) is 4.39 Å². The molecule has 0 aliphatic rings. The SMILES string of the molecule is COc1ccc(CN(Cc2cccc(F)c2)Cc2ccc(C(=O)NC(C)c3ccccc3)o2)cc1OC. The Labute approximate surface area is 216 Å². The van der Waals surface area contributed by atoms with Gasteiger partial charge in [-0.25, -0.2) is 4.39 Å². The zero-order valence-corrected chi connectivity index (χ0v) is 21.2. The topological polar surface area (TPSA) is 63.9 Å². The Morgan fingerprint density at radius 3 is 2.30 bits per heavy atom. The lowest BCUT2D eigenvalue weighted by Gasteiger charge is -2.22. The number of ether oxygens (including phenoxy) is 2. The third-order valence-corrected chi connectivity index (χ3v) is 6.06. The van der Waals surface area contributed by atoms with E-state index in [0.29, 0.717) is 36.9 Å². The third-order valence-electron chi connectivity index (χ3n) is 6.06. The van der Waals surface area contributed by atoms with Gasteiger partial charge in [0.1, 0.15) is 11.6 Å². The molecule has 6 nitrogen and oxygen atoms in total. The van der Waals surface area contributed by atoms with Crippen LogP contribution in [0.25, 0.3) is 0 Å². The summed E-state index contributed by atoms with van der Waals surface area (Å²) in [6.45, 7) is 3.39. The molecule has 1 heterocycles. The summed E-state index contributed by atoms with van der Waals surface area (Å²) in [5, 5.41) is 2.97. The van der Waals surface area contributed by atoms with Crippen LogP contribution in [0.15, 0.2) is 89.3 Å². The molecule has 1 aromatic heterocycles. The molecule has 1 amide bonds. The van der Waals surface area contributed by atoms with Gasteiger partial charge in [-0.1, -0.05) is 48.5 Å². The Kier molecular flexibility index (Phi) is 8.59. The van der Waals surface area contributed by atoms with Crippen LogP contribution in [0.5, 0.6) is 11.5 Å². The summed E-state index contributed by atoms with van der Waals surface area (Å²) >= 11 is 0. The van der Waals surface area contributed by atoms with Crippen molar-refractivity contribution < 1.29 is 23.1 Å². The number of nitrogens with one attached hydrogen (secondary N) is 1. The summed E-state index contributed by atoms with van der Waals surface area (Å²) in [6, 6.07) is 25.4. The van der Waals surface area contributed by atoms with Crippen LogP contribution >= 0.6 is 0 Å². The van der Waals surface area contributed by atoms with E-state index in [1.807, 2.05) is 61.5 Å². The van der Waals surface area contributed by atoms with Crippen LogP contribution in [0, 0.1) is 5.82 Å². The van der Waals surface area contributed by atoms with Crippen LogP contribution in [-0.4, -0.2) is 25.0 Å². The van der Waals surface area contributed by atoms with Crippen LogP contribution in [0.3, 0.4) is 0 Å². The third kappa shape index (κ3) is 6.98. The van der Waals surface area contributed by atoms with Gasteiger partial charge in [0.25, 0.3) is 5.91 Å². The van der Waals surface area contributed by atoms with Gasteiger partial charge in [-0.05, 0) is 60.0 Å². The van der Waals surface area contributed by atoms with Crippen molar-refractivity contribution in [1.82, 2.24) is 10.2 Å². The number of benzene rings is 3. The fourth-order valence-electron chi connectivity index (χ4n) is 4.20. The number of amides is 1. The quantitative estimate of drug-likeness (QED) is 0.267. The Bertz CT molecular complexity index is 1320. The monoisotopic (exact) mass is 502 g/mol. The van der Waals surface area contributed by atoms with Crippen LogP contribution in [0.1, 0.15) is 46.0 Å². The lowest BCUT2D eigenvalue weighted by Crippen LogP contribution is -2.26. The molecule has 0 bridgehead atoms. The molecule has 0 aliphatic heterocycles. The van der Waals surface area contributed by atoms with E-state index in [9.17, 15) is 9.18 Å².